The zero-order valence-electron chi connectivity index (χ0n) is 25.5. The second-order valence-electron chi connectivity index (χ2n) is 12.7. The molecule has 0 aliphatic heterocycles. The van der Waals surface area contributed by atoms with Gasteiger partial charge in [-0.3, -0.25) is 0 Å². The van der Waals surface area contributed by atoms with Crippen LogP contribution in [0.1, 0.15) is 19.3 Å². The van der Waals surface area contributed by atoms with Gasteiger partial charge in [-0.25, -0.2) is 0 Å². The van der Waals surface area contributed by atoms with Crippen molar-refractivity contribution in [2.45, 2.75) is 97.2 Å². The quantitative estimate of drug-likeness (QED) is 0.148. The van der Waals surface area contributed by atoms with Crippen LogP contribution in [0.2, 0.25) is 0 Å². The van der Waals surface area contributed by atoms with Gasteiger partial charge in [0.2, 0.25) is 0 Å². The summed E-state index contributed by atoms with van der Waals surface area (Å²) in [6, 6.07) is 0. The minimum absolute atomic E-state index is 0.527. The van der Waals surface area contributed by atoms with Gasteiger partial charge < -0.3 is 25.5 Å². The first-order chi connectivity index (χ1) is 23.8. The molecule has 5 atom stereocenters. The molecule has 0 aromatic rings. The molecular weight excluding hydrogens is 848 g/mol. The highest BCUT2D eigenvalue weighted by molar-refractivity contribution is 5.50. The van der Waals surface area contributed by atoms with Crippen LogP contribution < -0.4 is 0 Å². The van der Waals surface area contributed by atoms with Crippen molar-refractivity contribution < 1.29 is 131 Å². The molecule has 0 saturated heterocycles. The zero-order valence-corrected chi connectivity index (χ0v) is 25.5. The maximum Gasteiger partial charge on any atom is 0.430 e. The number of halogens is 24. The Hall–Kier alpha value is -2.66. The van der Waals surface area contributed by atoms with Gasteiger partial charge in [-0.2, -0.15) is 105 Å². The van der Waals surface area contributed by atoms with Crippen molar-refractivity contribution in [3.63, 3.8) is 0 Å². The first-order valence-corrected chi connectivity index (χ1v) is 14.1. The molecule has 5 unspecified atom stereocenters. The van der Waals surface area contributed by atoms with Crippen LogP contribution in [0.4, 0.5) is 105 Å². The van der Waals surface area contributed by atoms with Gasteiger partial charge in [0.25, 0.3) is 22.4 Å². The molecule has 4 aliphatic rings. The van der Waals surface area contributed by atoms with Gasteiger partial charge in [0.1, 0.15) is 0 Å². The SMILES string of the molecule is OC(C1=C(C(O)(C(F)(F)F)C(F)(F)F)C2C=CC1C2)(C(F)(F)F)C(F)(F)F.OC1CC2CC1C(C(O)(C(F)(F)F)C(F)(F)F)=C2C(O)(C(F)(F)F)C(F)(F)F. The molecule has 0 radical (unpaired) electrons. The largest absolute Gasteiger partial charge is 0.430 e. The van der Waals surface area contributed by atoms with Gasteiger partial charge in [0.15, 0.2) is 0 Å². The van der Waals surface area contributed by atoms with E-state index in [1.165, 1.54) is 0 Å². The second-order valence-corrected chi connectivity index (χ2v) is 12.7. The molecule has 4 bridgehead atoms. The molecule has 320 valence electrons. The van der Waals surface area contributed by atoms with E-state index in [1.54, 1.807) is 0 Å². The van der Waals surface area contributed by atoms with Crippen molar-refractivity contribution in [1.82, 2.24) is 0 Å². The average molecular weight is 866 g/mol. The van der Waals surface area contributed by atoms with E-state index in [2.05, 4.69) is 0 Å². The third-order valence-corrected chi connectivity index (χ3v) is 9.55. The molecule has 4 rings (SSSR count). The lowest BCUT2D eigenvalue weighted by atomic mass is 9.72. The van der Waals surface area contributed by atoms with E-state index in [1.807, 2.05) is 0 Å². The van der Waals surface area contributed by atoms with Crippen LogP contribution in [-0.4, -0.2) is 103 Å². The van der Waals surface area contributed by atoms with Crippen molar-refractivity contribution in [3.8, 4) is 0 Å². The van der Waals surface area contributed by atoms with Crippen LogP contribution in [0.15, 0.2) is 34.4 Å². The molecular formula is C26H18F24O5. The van der Waals surface area contributed by atoms with Gasteiger partial charge in [0.05, 0.1) is 6.10 Å². The molecule has 0 spiro atoms. The fraction of sp³-hybridized carbons (Fsp3) is 0.769. The van der Waals surface area contributed by atoms with Crippen molar-refractivity contribution >= 4 is 0 Å². The predicted molar refractivity (Wildman–Crippen MR) is 125 cm³/mol. The Balaban J connectivity index is 0.000000296. The minimum Gasteiger partial charge on any atom is -0.392 e. The first-order valence-electron chi connectivity index (χ1n) is 14.1. The molecule has 55 heavy (non-hydrogen) atoms. The van der Waals surface area contributed by atoms with E-state index in [4.69, 9.17) is 0 Å². The summed E-state index contributed by atoms with van der Waals surface area (Å²) < 4.78 is 314. The van der Waals surface area contributed by atoms with Crippen LogP contribution in [0, 0.1) is 23.7 Å². The van der Waals surface area contributed by atoms with E-state index < -0.39 is 143 Å². The second kappa shape index (κ2) is 12.7. The molecule has 0 amide bonds. The summed E-state index contributed by atoms with van der Waals surface area (Å²) in [6.45, 7) is 0. The molecule has 0 aromatic heterocycles. The minimum atomic E-state index is -6.80. The monoisotopic (exact) mass is 866 g/mol. The van der Waals surface area contributed by atoms with Gasteiger partial charge >= 0.3 is 49.4 Å². The lowest BCUT2D eigenvalue weighted by molar-refractivity contribution is -0.364. The first kappa shape index (κ1) is 46.7. The molecule has 1 fully saturated rings. The van der Waals surface area contributed by atoms with Crippen molar-refractivity contribution in [2.75, 3.05) is 0 Å². The Morgan fingerprint density at radius 2 is 0.582 bits per heavy atom. The molecule has 1 saturated carbocycles. The van der Waals surface area contributed by atoms with E-state index in [0.717, 1.165) is 0 Å². The summed E-state index contributed by atoms with van der Waals surface area (Å²) in [5.41, 5.74) is -34.9. The number of alkyl halides is 24. The van der Waals surface area contributed by atoms with Crippen molar-refractivity contribution in [3.05, 3.63) is 34.4 Å². The highest BCUT2D eigenvalue weighted by Crippen LogP contribution is 2.66. The van der Waals surface area contributed by atoms with Crippen LogP contribution in [0.25, 0.3) is 0 Å². The molecule has 0 aromatic carbocycles. The Labute approximate surface area is 287 Å². The van der Waals surface area contributed by atoms with Gasteiger partial charge in [-0.1, -0.05) is 12.2 Å². The van der Waals surface area contributed by atoms with Crippen LogP contribution in [0.5, 0.6) is 0 Å². The van der Waals surface area contributed by atoms with Gasteiger partial charge in [0, 0.05) is 17.8 Å². The predicted octanol–water partition coefficient (Wildman–Crippen LogP) is 7.60. The van der Waals surface area contributed by atoms with E-state index in [9.17, 15) is 131 Å². The molecule has 4 aliphatic carbocycles. The Kier molecular flexibility index (Phi) is 10.8. The number of hydrogen-bond acceptors (Lipinski definition) is 5. The maximum atomic E-state index is 13.1. The van der Waals surface area contributed by atoms with Crippen LogP contribution in [0.3, 0.4) is 0 Å². The molecule has 5 nitrogen and oxygen atoms in total. The summed E-state index contributed by atoms with van der Waals surface area (Å²) in [5.74, 6) is -9.30. The summed E-state index contributed by atoms with van der Waals surface area (Å²) in [7, 11) is 0. The fourth-order valence-corrected chi connectivity index (χ4v) is 7.25. The zero-order chi connectivity index (χ0) is 43.7. The Morgan fingerprint density at radius 1 is 0.345 bits per heavy atom. The Morgan fingerprint density at radius 3 is 0.836 bits per heavy atom. The maximum absolute atomic E-state index is 13.1. The summed E-state index contributed by atoms with van der Waals surface area (Å²) >= 11 is 0. The number of rotatable bonds is 4. The lowest BCUT2D eigenvalue weighted by Gasteiger charge is -2.43. The van der Waals surface area contributed by atoms with Crippen LogP contribution in [-0.2, 0) is 0 Å². The van der Waals surface area contributed by atoms with Crippen LogP contribution >= 0.6 is 0 Å². The molecule has 5 N–H and O–H groups in total. The molecule has 0 heterocycles. The normalized spacial score (nSPS) is 26.4. The third kappa shape index (κ3) is 6.53. The standard InChI is InChI=1S/C13H10F12O3.C13H8F12O2/c14-10(15,16)8(27,11(17,18)19)6-3-1-4(5(26)2-3)7(6)9(28,12(20,21)22)13(23,24)25;14-10(15,16)8(26,11(17,18)19)6-4-1-2-5(3-4)7(6)9(27,12(20,21)22)13(23,24)25/h3-5,26-28H,1-2H2;1-2,4-5,26-27H,3H2. The highest BCUT2D eigenvalue weighted by atomic mass is 19.4. The Bertz CT molecular complexity index is 1470. The number of allylic oxidation sites excluding steroid dienone is 2. The summed E-state index contributed by atoms with van der Waals surface area (Å²) in [4.78, 5) is 0. The number of hydrogen-bond donors (Lipinski definition) is 5. The summed E-state index contributed by atoms with van der Waals surface area (Å²) in [6.07, 6.45) is -58.3. The third-order valence-electron chi connectivity index (χ3n) is 9.55. The highest BCUT2D eigenvalue weighted by Gasteiger charge is 2.82. The average Bonchev–Trinajstić information content (AvgIpc) is 3.71. The number of aliphatic hydroxyl groups excluding tert-OH is 1. The van der Waals surface area contributed by atoms with Gasteiger partial charge in [-0.15, -0.1) is 0 Å². The van der Waals surface area contributed by atoms with E-state index in [0.29, 0.717) is 12.2 Å². The van der Waals surface area contributed by atoms with Gasteiger partial charge in [-0.05, 0) is 47.5 Å². The molecule has 29 heteroatoms. The summed E-state index contributed by atoms with van der Waals surface area (Å²) in [5, 5.41) is 47.2. The van der Waals surface area contributed by atoms with E-state index in [-0.39, 0.29) is 0 Å². The smallest absolute Gasteiger partial charge is 0.392 e. The van der Waals surface area contributed by atoms with Crippen molar-refractivity contribution in [2.24, 2.45) is 23.7 Å². The topological polar surface area (TPSA) is 101 Å². The van der Waals surface area contributed by atoms with Crippen molar-refractivity contribution in [1.29, 1.82) is 0 Å². The lowest BCUT2D eigenvalue weighted by Crippen LogP contribution is -2.64. The number of fused-ring (bicyclic) bond motifs is 4. The van der Waals surface area contributed by atoms with E-state index >= 15 is 0 Å². The number of aliphatic hydroxyl groups is 5. The fourth-order valence-electron chi connectivity index (χ4n) is 7.25.